The lowest BCUT2D eigenvalue weighted by atomic mass is 10.0. The molecule has 0 saturated carbocycles. The molecule has 2 amide bonds. The van der Waals surface area contributed by atoms with E-state index in [-0.39, 0.29) is 30.8 Å². The van der Waals surface area contributed by atoms with Crippen molar-refractivity contribution in [1.82, 2.24) is 9.80 Å². The van der Waals surface area contributed by atoms with Crippen LogP contribution in [0, 0.1) is 5.92 Å². The van der Waals surface area contributed by atoms with Crippen LogP contribution < -0.4 is 5.73 Å². The quantitative estimate of drug-likeness (QED) is 0.764. The summed E-state index contributed by atoms with van der Waals surface area (Å²) in [6.45, 7) is 9.32. The summed E-state index contributed by atoms with van der Waals surface area (Å²) in [6, 6.07) is -0.514. The van der Waals surface area contributed by atoms with Gasteiger partial charge in [-0.1, -0.05) is 13.8 Å². The third kappa shape index (κ3) is 7.38. The van der Waals surface area contributed by atoms with Crippen molar-refractivity contribution in [2.24, 2.45) is 11.7 Å². The SMILES string of the molecule is CCN(CC)C(=O)CN(C)C(=O)[C@@H](N)CC(C)C.Cl. The molecule has 0 aliphatic rings. The van der Waals surface area contributed by atoms with E-state index in [0.29, 0.717) is 25.4 Å². The molecule has 0 aromatic heterocycles. The standard InChI is InChI=1S/C13H27N3O2.ClH/c1-6-16(7-2)12(17)9-15(5)13(18)11(14)8-10(3)4;/h10-11H,6-9,14H2,1-5H3;1H/t11-;/m0./s1. The number of nitrogens with two attached hydrogens (primary N) is 1. The topological polar surface area (TPSA) is 66.6 Å². The van der Waals surface area contributed by atoms with Crippen molar-refractivity contribution in [3.63, 3.8) is 0 Å². The van der Waals surface area contributed by atoms with Crippen molar-refractivity contribution in [3.8, 4) is 0 Å². The van der Waals surface area contributed by atoms with Crippen LogP contribution in [0.5, 0.6) is 0 Å². The fraction of sp³-hybridized carbons (Fsp3) is 0.846. The van der Waals surface area contributed by atoms with Crippen molar-refractivity contribution in [3.05, 3.63) is 0 Å². The second-order valence-corrected chi connectivity index (χ2v) is 5.00. The summed E-state index contributed by atoms with van der Waals surface area (Å²) in [5.41, 5.74) is 5.82. The first-order valence-corrected chi connectivity index (χ1v) is 6.61. The number of rotatable bonds is 7. The molecule has 0 aliphatic carbocycles. The molecule has 5 nitrogen and oxygen atoms in total. The number of amides is 2. The molecule has 6 heteroatoms. The van der Waals surface area contributed by atoms with E-state index in [1.54, 1.807) is 11.9 Å². The monoisotopic (exact) mass is 293 g/mol. The average molecular weight is 294 g/mol. The number of likely N-dealkylation sites (N-methyl/N-ethyl adjacent to an activating group) is 2. The van der Waals surface area contributed by atoms with Crippen LogP contribution in [-0.2, 0) is 9.59 Å². The van der Waals surface area contributed by atoms with E-state index in [1.807, 2.05) is 27.7 Å². The van der Waals surface area contributed by atoms with E-state index in [1.165, 1.54) is 4.90 Å². The Morgan fingerprint density at radius 1 is 1.16 bits per heavy atom. The number of hydrogen-bond acceptors (Lipinski definition) is 3. The van der Waals surface area contributed by atoms with Gasteiger partial charge in [-0.25, -0.2) is 0 Å². The van der Waals surface area contributed by atoms with Gasteiger partial charge in [0.2, 0.25) is 11.8 Å². The van der Waals surface area contributed by atoms with Crippen LogP contribution in [0.4, 0.5) is 0 Å². The van der Waals surface area contributed by atoms with Gasteiger partial charge < -0.3 is 15.5 Å². The van der Waals surface area contributed by atoms with E-state index in [4.69, 9.17) is 5.73 Å². The van der Waals surface area contributed by atoms with Crippen LogP contribution in [0.1, 0.15) is 34.1 Å². The fourth-order valence-electron chi connectivity index (χ4n) is 1.85. The highest BCUT2D eigenvalue weighted by Crippen LogP contribution is 2.05. The highest BCUT2D eigenvalue weighted by molar-refractivity contribution is 5.87. The molecule has 0 aliphatic heterocycles. The molecule has 0 heterocycles. The normalized spacial score (nSPS) is 11.7. The van der Waals surface area contributed by atoms with Crippen molar-refractivity contribution in [1.29, 1.82) is 0 Å². The Bertz CT molecular complexity index is 281. The highest BCUT2D eigenvalue weighted by atomic mass is 35.5. The van der Waals surface area contributed by atoms with Crippen LogP contribution >= 0.6 is 12.4 Å². The largest absolute Gasteiger partial charge is 0.342 e. The van der Waals surface area contributed by atoms with Gasteiger partial charge in [0.15, 0.2) is 0 Å². The Kier molecular flexibility index (Phi) is 10.8. The van der Waals surface area contributed by atoms with E-state index in [2.05, 4.69) is 0 Å². The summed E-state index contributed by atoms with van der Waals surface area (Å²) in [4.78, 5) is 26.9. The number of halogens is 1. The van der Waals surface area contributed by atoms with Crippen LogP contribution in [0.15, 0.2) is 0 Å². The second kappa shape index (κ2) is 10.0. The molecule has 114 valence electrons. The number of carbonyl (C=O) groups excluding carboxylic acids is 2. The highest BCUT2D eigenvalue weighted by Gasteiger charge is 2.22. The Hall–Kier alpha value is -0.810. The summed E-state index contributed by atoms with van der Waals surface area (Å²) in [7, 11) is 1.63. The van der Waals surface area contributed by atoms with E-state index >= 15 is 0 Å². The molecule has 0 aromatic carbocycles. The fourth-order valence-corrected chi connectivity index (χ4v) is 1.85. The van der Waals surface area contributed by atoms with Crippen molar-refractivity contribution in [2.45, 2.75) is 40.2 Å². The Morgan fingerprint density at radius 2 is 1.63 bits per heavy atom. The van der Waals surface area contributed by atoms with Gasteiger partial charge in [-0.2, -0.15) is 0 Å². The zero-order valence-corrected chi connectivity index (χ0v) is 13.5. The summed E-state index contributed by atoms with van der Waals surface area (Å²) in [5.74, 6) is 0.174. The Morgan fingerprint density at radius 3 is 2.00 bits per heavy atom. The van der Waals surface area contributed by atoms with Crippen molar-refractivity contribution in [2.75, 3.05) is 26.7 Å². The zero-order valence-electron chi connectivity index (χ0n) is 12.7. The summed E-state index contributed by atoms with van der Waals surface area (Å²) in [6.07, 6.45) is 0.642. The van der Waals surface area contributed by atoms with Crippen LogP contribution in [0.2, 0.25) is 0 Å². The predicted octanol–water partition coefficient (Wildman–Crippen LogP) is 1.11. The minimum atomic E-state index is -0.514. The maximum absolute atomic E-state index is 11.9. The molecule has 0 radical (unpaired) electrons. The number of carbonyl (C=O) groups is 2. The smallest absolute Gasteiger partial charge is 0.242 e. The Balaban J connectivity index is 0. The maximum atomic E-state index is 11.9. The van der Waals surface area contributed by atoms with Gasteiger partial charge >= 0.3 is 0 Å². The molecule has 0 rings (SSSR count). The third-order valence-electron chi connectivity index (χ3n) is 2.91. The first-order chi connectivity index (χ1) is 8.33. The first-order valence-electron chi connectivity index (χ1n) is 6.61. The molecule has 2 N–H and O–H groups in total. The van der Waals surface area contributed by atoms with Crippen molar-refractivity contribution < 1.29 is 9.59 Å². The molecular formula is C13H28ClN3O2. The molecule has 19 heavy (non-hydrogen) atoms. The minimum Gasteiger partial charge on any atom is -0.342 e. The van der Waals surface area contributed by atoms with Gasteiger partial charge in [0.05, 0.1) is 12.6 Å². The van der Waals surface area contributed by atoms with Gasteiger partial charge in [-0.15, -0.1) is 12.4 Å². The maximum Gasteiger partial charge on any atom is 0.242 e. The van der Waals surface area contributed by atoms with Gasteiger partial charge in [0.25, 0.3) is 0 Å². The van der Waals surface area contributed by atoms with Gasteiger partial charge in [0, 0.05) is 20.1 Å². The number of nitrogens with zero attached hydrogens (tertiary/aromatic N) is 2. The van der Waals surface area contributed by atoms with Gasteiger partial charge in [0.1, 0.15) is 0 Å². The number of hydrogen-bond donors (Lipinski definition) is 1. The van der Waals surface area contributed by atoms with Gasteiger partial charge in [-0.3, -0.25) is 9.59 Å². The molecule has 0 fully saturated rings. The molecule has 0 unspecified atom stereocenters. The van der Waals surface area contributed by atoms with Crippen LogP contribution in [0.25, 0.3) is 0 Å². The van der Waals surface area contributed by atoms with E-state index in [9.17, 15) is 9.59 Å². The molecule has 0 spiro atoms. The lowest BCUT2D eigenvalue weighted by Gasteiger charge is -2.25. The average Bonchev–Trinajstić information content (AvgIpc) is 2.28. The van der Waals surface area contributed by atoms with E-state index in [0.717, 1.165) is 0 Å². The molecular weight excluding hydrogens is 266 g/mol. The van der Waals surface area contributed by atoms with Crippen molar-refractivity contribution >= 4 is 24.2 Å². The lowest BCUT2D eigenvalue weighted by Crippen LogP contribution is -2.47. The van der Waals surface area contributed by atoms with Crippen LogP contribution in [-0.4, -0.2) is 54.3 Å². The summed E-state index contributed by atoms with van der Waals surface area (Å²) in [5, 5.41) is 0. The first kappa shape index (κ1) is 20.5. The predicted molar refractivity (Wildman–Crippen MR) is 80.2 cm³/mol. The lowest BCUT2D eigenvalue weighted by molar-refractivity contribution is -0.140. The van der Waals surface area contributed by atoms with Crippen LogP contribution in [0.3, 0.4) is 0 Å². The summed E-state index contributed by atoms with van der Waals surface area (Å²) < 4.78 is 0. The minimum absolute atomic E-state index is 0. The zero-order chi connectivity index (χ0) is 14.3. The molecule has 1 atom stereocenters. The summed E-state index contributed by atoms with van der Waals surface area (Å²) >= 11 is 0. The second-order valence-electron chi connectivity index (χ2n) is 5.00. The van der Waals surface area contributed by atoms with Gasteiger partial charge in [-0.05, 0) is 26.2 Å². The van der Waals surface area contributed by atoms with E-state index < -0.39 is 6.04 Å². The Labute approximate surface area is 122 Å². The molecule has 0 aromatic rings. The molecule has 0 bridgehead atoms. The molecule has 0 saturated heterocycles. The third-order valence-corrected chi connectivity index (χ3v) is 2.91.